The summed E-state index contributed by atoms with van der Waals surface area (Å²) in [6, 6.07) is 0. The van der Waals surface area contributed by atoms with E-state index in [0.717, 1.165) is 20.3 Å². The Balaban J connectivity index is 1.88. The number of fused-ring (bicyclic) bond motifs is 1. The molecule has 8 heteroatoms. The molecule has 1 N–H and O–H groups in total. The molecule has 3 aromatic rings. The van der Waals surface area contributed by atoms with Crippen LogP contribution in [0.2, 0.25) is 0 Å². The Kier molecular flexibility index (Phi) is 4.16. The molecule has 0 bridgehead atoms. The molecule has 0 saturated carbocycles. The van der Waals surface area contributed by atoms with E-state index in [1.54, 1.807) is 36.3 Å². The van der Waals surface area contributed by atoms with Crippen molar-refractivity contribution in [3.63, 3.8) is 0 Å². The van der Waals surface area contributed by atoms with Gasteiger partial charge in [0, 0.05) is 10.3 Å². The first-order valence-electron chi connectivity index (χ1n) is 6.50. The van der Waals surface area contributed by atoms with Gasteiger partial charge in [-0.3, -0.25) is 0 Å². The third-order valence-electron chi connectivity index (χ3n) is 3.30. The maximum absolute atomic E-state index is 11.1. The van der Waals surface area contributed by atoms with Crippen molar-refractivity contribution in [2.75, 3.05) is 0 Å². The molecule has 0 radical (unpaired) electrons. The zero-order valence-corrected chi connectivity index (χ0v) is 14.7. The summed E-state index contributed by atoms with van der Waals surface area (Å²) in [5.41, 5.74) is 1.79. The maximum Gasteiger partial charge on any atom is 0.347 e. The van der Waals surface area contributed by atoms with Gasteiger partial charge in [-0.1, -0.05) is 11.8 Å². The van der Waals surface area contributed by atoms with Gasteiger partial charge in [0.2, 0.25) is 0 Å². The number of aryl methyl sites for hydroxylation is 3. The number of carboxylic acids is 1. The molecule has 0 aliphatic rings. The topological polar surface area (TPSA) is 76.0 Å². The average Bonchev–Trinajstić information content (AvgIpc) is 2.98. The van der Waals surface area contributed by atoms with Crippen LogP contribution in [0, 0.1) is 20.8 Å². The molecule has 5 nitrogen and oxygen atoms in total. The third-order valence-corrected chi connectivity index (χ3v) is 6.74. The number of carbonyl (C=O) groups is 1. The second kappa shape index (κ2) is 5.94. The molecule has 0 aromatic carbocycles. The van der Waals surface area contributed by atoms with Crippen LogP contribution in [0.15, 0.2) is 11.4 Å². The quantitative estimate of drug-likeness (QED) is 0.564. The monoisotopic (exact) mass is 351 g/mol. The largest absolute Gasteiger partial charge is 0.477 e. The number of rotatable bonds is 4. The van der Waals surface area contributed by atoms with Crippen LogP contribution >= 0.6 is 34.4 Å². The van der Waals surface area contributed by atoms with Gasteiger partial charge in [-0.25, -0.2) is 19.7 Å². The number of hydrogen-bond donors (Lipinski definition) is 1. The third kappa shape index (κ3) is 2.73. The Morgan fingerprint density at radius 1 is 1.27 bits per heavy atom. The summed E-state index contributed by atoms with van der Waals surface area (Å²) in [5, 5.41) is 11.9. The van der Waals surface area contributed by atoms with Crippen LogP contribution in [0.5, 0.6) is 0 Å². The number of carboxylic acid groups (broad SMARTS) is 1. The van der Waals surface area contributed by atoms with Crippen molar-refractivity contribution >= 4 is 50.6 Å². The molecule has 0 aliphatic heterocycles. The minimum atomic E-state index is -0.917. The number of thioether (sulfide) groups is 1. The smallest absolute Gasteiger partial charge is 0.347 e. The molecule has 0 unspecified atom stereocenters. The van der Waals surface area contributed by atoms with E-state index in [4.69, 9.17) is 5.11 Å². The average molecular weight is 351 g/mol. The Hall–Kier alpha value is -1.51. The first-order valence-corrected chi connectivity index (χ1v) is 9.12. The Bertz CT molecular complexity index is 870. The van der Waals surface area contributed by atoms with Crippen molar-refractivity contribution in [1.29, 1.82) is 0 Å². The van der Waals surface area contributed by atoms with E-state index >= 15 is 0 Å². The van der Waals surface area contributed by atoms with Gasteiger partial charge in [0.25, 0.3) is 0 Å². The molecule has 0 amide bonds. The number of thiophene rings is 1. The van der Waals surface area contributed by atoms with Crippen LogP contribution in [-0.4, -0.2) is 26.0 Å². The minimum Gasteiger partial charge on any atom is -0.477 e. The van der Waals surface area contributed by atoms with E-state index < -0.39 is 5.97 Å². The van der Waals surface area contributed by atoms with E-state index in [2.05, 4.69) is 28.8 Å². The predicted molar refractivity (Wildman–Crippen MR) is 90.3 cm³/mol. The van der Waals surface area contributed by atoms with E-state index in [-0.39, 0.29) is 0 Å². The first-order chi connectivity index (χ1) is 10.5. The van der Waals surface area contributed by atoms with Crippen LogP contribution in [-0.2, 0) is 5.75 Å². The van der Waals surface area contributed by atoms with Crippen LogP contribution < -0.4 is 0 Å². The number of hydrogen-bond acceptors (Lipinski definition) is 7. The van der Waals surface area contributed by atoms with Gasteiger partial charge < -0.3 is 5.11 Å². The predicted octanol–water partition coefficient (Wildman–Crippen LogP) is 4.06. The lowest BCUT2D eigenvalue weighted by Gasteiger charge is -2.01. The molecule has 22 heavy (non-hydrogen) atoms. The van der Waals surface area contributed by atoms with Gasteiger partial charge in [-0.15, -0.1) is 22.7 Å². The zero-order valence-electron chi connectivity index (χ0n) is 12.2. The molecule has 114 valence electrons. The van der Waals surface area contributed by atoms with Crippen molar-refractivity contribution in [1.82, 2.24) is 15.0 Å². The first kappa shape index (κ1) is 15.4. The fourth-order valence-corrected chi connectivity index (χ4v) is 5.12. The van der Waals surface area contributed by atoms with Crippen LogP contribution in [0.4, 0.5) is 0 Å². The highest BCUT2D eigenvalue weighted by Gasteiger charge is 2.16. The SMILES string of the molecule is Cc1nc(CSc2ncnc3sc(C)c(C)c23)sc1C(=O)O. The summed E-state index contributed by atoms with van der Waals surface area (Å²) in [6.07, 6.45) is 1.58. The van der Waals surface area contributed by atoms with Crippen molar-refractivity contribution in [2.45, 2.75) is 31.6 Å². The van der Waals surface area contributed by atoms with Crippen molar-refractivity contribution < 1.29 is 9.90 Å². The Labute approximate surface area is 139 Å². The number of aromatic carboxylic acids is 1. The normalized spacial score (nSPS) is 11.2. The summed E-state index contributed by atoms with van der Waals surface area (Å²) in [4.78, 5) is 26.7. The van der Waals surface area contributed by atoms with Crippen molar-refractivity contribution in [2.24, 2.45) is 0 Å². The van der Waals surface area contributed by atoms with Crippen LogP contribution in [0.3, 0.4) is 0 Å². The molecule has 0 spiro atoms. The lowest BCUT2D eigenvalue weighted by atomic mass is 10.2. The second-order valence-corrected chi connectivity index (χ2v) is 8.01. The van der Waals surface area contributed by atoms with Gasteiger partial charge in [0.1, 0.15) is 26.1 Å². The Morgan fingerprint density at radius 2 is 2.05 bits per heavy atom. The van der Waals surface area contributed by atoms with Crippen LogP contribution in [0.1, 0.15) is 30.8 Å². The molecule has 3 rings (SSSR count). The molecule has 3 heterocycles. The standard InChI is InChI=1S/C14H13N3O2S3/c1-6-8(3)21-13-10(6)12(15-5-16-13)20-4-9-17-7(2)11(22-9)14(18)19/h5H,4H2,1-3H3,(H,18,19). The minimum absolute atomic E-state index is 0.311. The molecule has 0 fully saturated rings. The van der Waals surface area contributed by atoms with Gasteiger partial charge in [-0.2, -0.15) is 0 Å². The molecular formula is C14H13N3O2S3. The number of thiazole rings is 1. The molecule has 0 saturated heterocycles. The fourth-order valence-electron chi connectivity index (χ4n) is 2.10. The van der Waals surface area contributed by atoms with Gasteiger partial charge in [0.15, 0.2) is 0 Å². The summed E-state index contributed by atoms with van der Waals surface area (Å²) >= 11 is 4.47. The molecule has 0 atom stereocenters. The molecular weight excluding hydrogens is 338 g/mol. The summed E-state index contributed by atoms with van der Waals surface area (Å²) in [6.45, 7) is 5.89. The lowest BCUT2D eigenvalue weighted by Crippen LogP contribution is -1.94. The van der Waals surface area contributed by atoms with Gasteiger partial charge in [-0.05, 0) is 26.3 Å². The second-order valence-electron chi connectivity index (χ2n) is 4.76. The molecule has 0 aliphatic carbocycles. The van der Waals surface area contributed by atoms with Crippen molar-refractivity contribution in [3.8, 4) is 0 Å². The number of aromatic nitrogens is 3. The van der Waals surface area contributed by atoms with Gasteiger partial charge in [0.05, 0.1) is 11.4 Å². The van der Waals surface area contributed by atoms with Crippen LogP contribution in [0.25, 0.3) is 10.2 Å². The highest BCUT2D eigenvalue weighted by atomic mass is 32.2. The lowest BCUT2D eigenvalue weighted by molar-refractivity contribution is 0.0701. The van der Waals surface area contributed by atoms with E-state index in [9.17, 15) is 4.79 Å². The summed E-state index contributed by atoms with van der Waals surface area (Å²) in [7, 11) is 0. The highest BCUT2D eigenvalue weighted by molar-refractivity contribution is 7.98. The van der Waals surface area contributed by atoms with E-state index in [0.29, 0.717) is 16.3 Å². The zero-order chi connectivity index (χ0) is 15.9. The van der Waals surface area contributed by atoms with E-state index in [1.807, 2.05) is 0 Å². The highest BCUT2D eigenvalue weighted by Crippen LogP contribution is 2.36. The fraction of sp³-hybridized carbons (Fsp3) is 0.286. The summed E-state index contributed by atoms with van der Waals surface area (Å²) < 4.78 is 0. The molecule has 3 aromatic heterocycles. The van der Waals surface area contributed by atoms with Gasteiger partial charge >= 0.3 is 5.97 Å². The van der Waals surface area contributed by atoms with Crippen molar-refractivity contribution in [3.05, 3.63) is 32.3 Å². The summed E-state index contributed by atoms with van der Waals surface area (Å²) in [5.74, 6) is -0.306. The number of nitrogens with zero attached hydrogens (tertiary/aromatic N) is 3. The van der Waals surface area contributed by atoms with E-state index in [1.165, 1.54) is 21.8 Å². The Morgan fingerprint density at radius 3 is 2.73 bits per heavy atom. The maximum atomic E-state index is 11.1.